The number of hydrogen-bond donors (Lipinski definition) is 2. The monoisotopic (exact) mass is 307 g/mol. The van der Waals surface area contributed by atoms with Gasteiger partial charge < -0.3 is 19.8 Å². The summed E-state index contributed by atoms with van der Waals surface area (Å²) < 4.78 is 5.21. The molecule has 3 aromatic carbocycles. The lowest BCUT2D eigenvalue weighted by Crippen LogP contribution is -2.09. The first-order valence-corrected chi connectivity index (χ1v) is 7.19. The molecule has 0 aliphatic rings. The normalized spacial score (nSPS) is 10.3. The van der Waals surface area contributed by atoms with Crippen molar-refractivity contribution < 1.29 is 14.9 Å². The highest BCUT2D eigenvalue weighted by Crippen LogP contribution is 2.36. The molecule has 3 aromatic rings. The first kappa shape index (κ1) is 14.8. The Morgan fingerprint density at radius 2 is 0.957 bits per heavy atom. The van der Waals surface area contributed by atoms with Crippen molar-refractivity contribution in [2.75, 3.05) is 12.0 Å². The van der Waals surface area contributed by atoms with Crippen LogP contribution in [0.3, 0.4) is 0 Å². The highest BCUT2D eigenvalue weighted by Gasteiger charge is 2.12. The molecule has 0 bridgehead atoms. The van der Waals surface area contributed by atoms with Crippen LogP contribution in [-0.2, 0) is 0 Å². The van der Waals surface area contributed by atoms with Crippen LogP contribution in [0.25, 0.3) is 0 Å². The van der Waals surface area contributed by atoms with Crippen LogP contribution in [-0.4, -0.2) is 17.3 Å². The minimum atomic E-state index is 0.217. The number of nitrogens with zero attached hydrogens (tertiary/aromatic N) is 1. The second-order valence-corrected chi connectivity index (χ2v) is 5.07. The highest BCUT2D eigenvalue weighted by molar-refractivity contribution is 5.77. The van der Waals surface area contributed by atoms with Gasteiger partial charge in [-0.15, -0.1) is 0 Å². The molecule has 4 heteroatoms. The molecular formula is C19H17NO3. The molecule has 0 atom stereocenters. The van der Waals surface area contributed by atoms with Gasteiger partial charge in [-0.3, -0.25) is 0 Å². The van der Waals surface area contributed by atoms with Gasteiger partial charge in [0.05, 0.1) is 7.11 Å². The van der Waals surface area contributed by atoms with Gasteiger partial charge in [0.2, 0.25) is 0 Å². The van der Waals surface area contributed by atoms with Crippen molar-refractivity contribution in [2.24, 2.45) is 0 Å². The Morgan fingerprint density at radius 1 is 0.609 bits per heavy atom. The van der Waals surface area contributed by atoms with E-state index in [0.717, 1.165) is 22.8 Å². The Morgan fingerprint density at radius 3 is 1.30 bits per heavy atom. The molecule has 3 rings (SSSR count). The fourth-order valence-electron chi connectivity index (χ4n) is 2.38. The van der Waals surface area contributed by atoms with E-state index in [2.05, 4.69) is 0 Å². The summed E-state index contributed by atoms with van der Waals surface area (Å²) in [4.78, 5) is 2.03. The average Bonchev–Trinajstić information content (AvgIpc) is 2.59. The Bertz CT molecular complexity index is 720. The maximum atomic E-state index is 9.52. The SMILES string of the molecule is COc1ccc(N(c2ccc(O)cc2)c2ccc(O)cc2)cc1. The van der Waals surface area contributed by atoms with E-state index in [-0.39, 0.29) is 11.5 Å². The van der Waals surface area contributed by atoms with Gasteiger partial charge >= 0.3 is 0 Å². The Kier molecular flexibility index (Phi) is 4.06. The fourth-order valence-corrected chi connectivity index (χ4v) is 2.38. The van der Waals surface area contributed by atoms with Gasteiger partial charge in [-0.1, -0.05) is 0 Å². The predicted molar refractivity (Wildman–Crippen MR) is 91.0 cm³/mol. The molecule has 0 unspecified atom stereocenters. The summed E-state index contributed by atoms with van der Waals surface area (Å²) in [7, 11) is 1.63. The molecule has 0 aliphatic heterocycles. The molecule has 4 nitrogen and oxygen atoms in total. The van der Waals surface area contributed by atoms with Crippen LogP contribution < -0.4 is 9.64 Å². The molecule has 0 saturated carbocycles. The second kappa shape index (κ2) is 6.32. The van der Waals surface area contributed by atoms with Crippen LogP contribution >= 0.6 is 0 Å². The molecule has 2 N–H and O–H groups in total. The molecule has 0 fully saturated rings. The van der Waals surface area contributed by atoms with Gasteiger partial charge in [0, 0.05) is 17.1 Å². The van der Waals surface area contributed by atoms with Crippen molar-refractivity contribution in [2.45, 2.75) is 0 Å². The number of rotatable bonds is 4. The summed E-state index contributed by atoms with van der Waals surface area (Å²) in [5.74, 6) is 1.22. The number of phenolic OH excluding ortho intramolecular Hbond substituents is 2. The standard InChI is InChI=1S/C19H17NO3/c1-23-19-12-6-16(7-13-19)20(14-2-8-17(21)9-3-14)15-4-10-18(22)11-5-15/h2-13,21-22H,1H3. The van der Waals surface area contributed by atoms with Crippen LogP contribution in [0.1, 0.15) is 0 Å². The van der Waals surface area contributed by atoms with Gasteiger partial charge in [0.25, 0.3) is 0 Å². The third kappa shape index (κ3) is 3.21. The van der Waals surface area contributed by atoms with Gasteiger partial charge in [-0.2, -0.15) is 0 Å². The van der Waals surface area contributed by atoms with Crippen LogP contribution in [0.2, 0.25) is 0 Å². The Balaban J connectivity index is 2.08. The fraction of sp³-hybridized carbons (Fsp3) is 0.0526. The first-order chi connectivity index (χ1) is 11.2. The van der Waals surface area contributed by atoms with Gasteiger partial charge in [0.15, 0.2) is 0 Å². The molecule has 0 amide bonds. The van der Waals surface area contributed by atoms with Crippen molar-refractivity contribution in [3.05, 3.63) is 72.8 Å². The van der Waals surface area contributed by atoms with E-state index in [1.165, 1.54) is 0 Å². The van der Waals surface area contributed by atoms with Gasteiger partial charge in [0.1, 0.15) is 17.2 Å². The van der Waals surface area contributed by atoms with Crippen molar-refractivity contribution >= 4 is 17.1 Å². The van der Waals surface area contributed by atoms with E-state index >= 15 is 0 Å². The number of methoxy groups -OCH3 is 1. The molecule has 0 spiro atoms. The zero-order valence-corrected chi connectivity index (χ0v) is 12.7. The summed E-state index contributed by atoms with van der Waals surface area (Å²) in [6, 6.07) is 21.6. The summed E-state index contributed by atoms with van der Waals surface area (Å²) in [5, 5.41) is 19.0. The van der Waals surface area contributed by atoms with Gasteiger partial charge in [-0.05, 0) is 72.8 Å². The number of benzene rings is 3. The van der Waals surface area contributed by atoms with Crippen molar-refractivity contribution in [1.29, 1.82) is 0 Å². The van der Waals surface area contributed by atoms with Crippen molar-refractivity contribution in [1.82, 2.24) is 0 Å². The summed E-state index contributed by atoms with van der Waals surface area (Å²) in [6.07, 6.45) is 0. The van der Waals surface area contributed by atoms with Crippen molar-refractivity contribution in [3.8, 4) is 17.2 Å². The lowest BCUT2D eigenvalue weighted by molar-refractivity contribution is 0.415. The number of phenols is 2. The van der Waals surface area contributed by atoms with E-state index in [1.807, 2.05) is 53.4 Å². The van der Waals surface area contributed by atoms with Crippen LogP contribution in [0.5, 0.6) is 17.2 Å². The van der Waals surface area contributed by atoms with E-state index in [9.17, 15) is 10.2 Å². The van der Waals surface area contributed by atoms with Gasteiger partial charge in [-0.25, -0.2) is 0 Å². The molecule has 116 valence electrons. The van der Waals surface area contributed by atoms with Crippen LogP contribution in [0.15, 0.2) is 72.8 Å². The minimum Gasteiger partial charge on any atom is -0.508 e. The maximum absolute atomic E-state index is 9.52. The summed E-state index contributed by atoms with van der Waals surface area (Å²) in [6.45, 7) is 0. The Labute approximate surface area is 134 Å². The minimum absolute atomic E-state index is 0.217. The third-order valence-electron chi connectivity index (χ3n) is 3.55. The maximum Gasteiger partial charge on any atom is 0.119 e. The first-order valence-electron chi connectivity index (χ1n) is 7.19. The highest BCUT2D eigenvalue weighted by atomic mass is 16.5. The molecule has 0 aliphatic carbocycles. The number of aromatic hydroxyl groups is 2. The Hall–Kier alpha value is -3.14. The van der Waals surface area contributed by atoms with E-state index in [4.69, 9.17) is 4.74 Å². The van der Waals surface area contributed by atoms with Crippen LogP contribution in [0, 0.1) is 0 Å². The van der Waals surface area contributed by atoms with E-state index in [1.54, 1.807) is 31.4 Å². The number of anilines is 3. The van der Waals surface area contributed by atoms with E-state index in [0.29, 0.717) is 0 Å². The summed E-state index contributed by atoms with van der Waals surface area (Å²) >= 11 is 0. The zero-order chi connectivity index (χ0) is 16.2. The molecular weight excluding hydrogens is 290 g/mol. The molecule has 0 radical (unpaired) electrons. The lowest BCUT2D eigenvalue weighted by atomic mass is 10.2. The molecule has 0 saturated heterocycles. The number of ether oxygens (including phenoxy) is 1. The lowest BCUT2D eigenvalue weighted by Gasteiger charge is -2.25. The van der Waals surface area contributed by atoms with Crippen LogP contribution in [0.4, 0.5) is 17.1 Å². The molecule has 0 heterocycles. The predicted octanol–water partition coefficient (Wildman–Crippen LogP) is 4.58. The third-order valence-corrected chi connectivity index (χ3v) is 3.55. The van der Waals surface area contributed by atoms with E-state index < -0.39 is 0 Å². The molecule has 0 aromatic heterocycles. The topological polar surface area (TPSA) is 52.9 Å². The zero-order valence-electron chi connectivity index (χ0n) is 12.7. The largest absolute Gasteiger partial charge is 0.508 e. The second-order valence-electron chi connectivity index (χ2n) is 5.07. The quantitative estimate of drug-likeness (QED) is 0.741. The summed E-state index contributed by atoms with van der Waals surface area (Å²) in [5.41, 5.74) is 2.75. The molecule has 23 heavy (non-hydrogen) atoms. The van der Waals surface area contributed by atoms with Crippen molar-refractivity contribution in [3.63, 3.8) is 0 Å². The number of hydrogen-bond acceptors (Lipinski definition) is 4. The smallest absolute Gasteiger partial charge is 0.119 e. The average molecular weight is 307 g/mol.